The lowest BCUT2D eigenvalue weighted by atomic mass is 9.95. The van der Waals surface area contributed by atoms with Gasteiger partial charge in [0.2, 0.25) is 0 Å². The molecule has 1 atom stereocenters. The fourth-order valence-electron chi connectivity index (χ4n) is 1.72. The molecule has 1 nitrogen and oxygen atoms in total. The Bertz CT molecular complexity index is 137. The molecule has 0 radical (unpaired) electrons. The number of alkyl halides is 1. The molecule has 0 spiro atoms. The number of hydrogen-bond acceptors (Lipinski definition) is 1. The molecule has 1 aliphatic rings. The molecule has 1 saturated heterocycles. The van der Waals surface area contributed by atoms with Crippen molar-refractivity contribution in [3.8, 4) is 0 Å². The van der Waals surface area contributed by atoms with Gasteiger partial charge in [-0.3, -0.25) is 4.90 Å². The standard InChI is InChI=1S/C10H20ClN/c1-9(11)10(2,3)12-7-5-4-6-8-12/h9H,4-8H2,1-3H3. The Kier molecular flexibility index (Phi) is 3.42. The second kappa shape index (κ2) is 3.97. The van der Waals surface area contributed by atoms with Crippen molar-refractivity contribution >= 4 is 11.6 Å². The van der Waals surface area contributed by atoms with E-state index in [1.54, 1.807) is 0 Å². The first-order valence-electron chi connectivity index (χ1n) is 4.94. The zero-order valence-electron chi connectivity index (χ0n) is 8.44. The van der Waals surface area contributed by atoms with E-state index in [4.69, 9.17) is 11.6 Å². The maximum Gasteiger partial charge on any atom is 0.0486 e. The van der Waals surface area contributed by atoms with E-state index in [2.05, 4.69) is 25.7 Å². The van der Waals surface area contributed by atoms with E-state index in [0.29, 0.717) is 0 Å². The van der Waals surface area contributed by atoms with Gasteiger partial charge in [0.05, 0.1) is 0 Å². The third-order valence-electron chi connectivity index (χ3n) is 3.14. The van der Waals surface area contributed by atoms with Gasteiger partial charge in [0, 0.05) is 10.9 Å². The van der Waals surface area contributed by atoms with Gasteiger partial charge < -0.3 is 0 Å². The van der Waals surface area contributed by atoms with E-state index < -0.39 is 0 Å². The molecule has 1 unspecified atom stereocenters. The molecule has 0 N–H and O–H groups in total. The topological polar surface area (TPSA) is 3.24 Å². The molecule has 1 fully saturated rings. The third-order valence-corrected chi connectivity index (χ3v) is 3.68. The van der Waals surface area contributed by atoms with E-state index in [9.17, 15) is 0 Å². The Morgan fingerprint density at radius 1 is 1.17 bits per heavy atom. The summed E-state index contributed by atoms with van der Waals surface area (Å²) in [5, 5.41) is 0.232. The van der Waals surface area contributed by atoms with Gasteiger partial charge in [-0.15, -0.1) is 11.6 Å². The summed E-state index contributed by atoms with van der Waals surface area (Å²) in [5.41, 5.74) is 0.169. The van der Waals surface area contributed by atoms with Gasteiger partial charge in [0.25, 0.3) is 0 Å². The van der Waals surface area contributed by atoms with Gasteiger partial charge in [-0.2, -0.15) is 0 Å². The second-order valence-corrected chi connectivity index (χ2v) is 4.97. The van der Waals surface area contributed by atoms with E-state index >= 15 is 0 Å². The first-order chi connectivity index (χ1) is 5.55. The molecule has 0 saturated carbocycles. The van der Waals surface area contributed by atoms with Crippen molar-refractivity contribution in [2.45, 2.75) is 50.9 Å². The van der Waals surface area contributed by atoms with Gasteiger partial charge in [-0.25, -0.2) is 0 Å². The number of piperidine rings is 1. The normalized spacial score (nSPS) is 24.0. The first kappa shape index (κ1) is 10.3. The van der Waals surface area contributed by atoms with Crippen molar-refractivity contribution in [2.24, 2.45) is 0 Å². The lowest BCUT2D eigenvalue weighted by Crippen LogP contribution is -2.51. The Labute approximate surface area is 81.1 Å². The van der Waals surface area contributed by atoms with Crippen LogP contribution in [0.2, 0.25) is 0 Å². The molecule has 72 valence electrons. The van der Waals surface area contributed by atoms with Crippen LogP contribution in [0.25, 0.3) is 0 Å². The molecule has 2 heteroatoms. The van der Waals surface area contributed by atoms with Gasteiger partial charge in [0.1, 0.15) is 0 Å². The molecule has 0 aliphatic carbocycles. The van der Waals surface area contributed by atoms with Gasteiger partial charge in [-0.05, 0) is 46.7 Å². The van der Waals surface area contributed by atoms with Crippen LogP contribution < -0.4 is 0 Å². The van der Waals surface area contributed by atoms with Crippen molar-refractivity contribution in [1.29, 1.82) is 0 Å². The zero-order valence-corrected chi connectivity index (χ0v) is 9.19. The maximum atomic E-state index is 6.16. The summed E-state index contributed by atoms with van der Waals surface area (Å²) >= 11 is 6.16. The summed E-state index contributed by atoms with van der Waals surface area (Å²) in [6.07, 6.45) is 4.07. The molecule has 1 aliphatic heterocycles. The van der Waals surface area contributed by atoms with Crippen molar-refractivity contribution < 1.29 is 0 Å². The highest BCUT2D eigenvalue weighted by molar-refractivity contribution is 6.21. The largest absolute Gasteiger partial charge is 0.297 e. The SMILES string of the molecule is CC(Cl)C(C)(C)N1CCCCC1. The fraction of sp³-hybridized carbons (Fsp3) is 1.00. The summed E-state index contributed by atoms with van der Waals surface area (Å²) in [6.45, 7) is 9.04. The van der Waals surface area contributed by atoms with Crippen LogP contribution >= 0.6 is 11.6 Å². The Morgan fingerprint density at radius 2 is 1.67 bits per heavy atom. The third kappa shape index (κ3) is 2.14. The zero-order chi connectivity index (χ0) is 9.19. The fourth-order valence-corrected chi connectivity index (χ4v) is 1.86. The Morgan fingerprint density at radius 3 is 2.08 bits per heavy atom. The highest BCUT2D eigenvalue weighted by Crippen LogP contribution is 2.26. The minimum absolute atomic E-state index is 0.169. The number of rotatable bonds is 2. The molecule has 1 rings (SSSR count). The smallest absolute Gasteiger partial charge is 0.0486 e. The number of nitrogens with zero attached hydrogens (tertiary/aromatic N) is 1. The molecule has 0 amide bonds. The lowest BCUT2D eigenvalue weighted by molar-refractivity contribution is 0.0950. The van der Waals surface area contributed by atoms with Crippen LogP contribution in [0.15, 0.2) is 0 Å². The summed E-state index contributed by atoms with van der Waals surface area (Å²) in [4.78, 5) is 2.52. The number of likely N-dealkylation sites (tertiary alicyclic amines) is 1. The first-order valence-corrected chi connectivity index (χ1v) is 5.38. The minimum Gasteiger partial charge on any atom is -0.297 e. The quantitative estimate of drug-likeness (QED) is 0.604. The highest BCUT2D eigenvalue weighted by Gasteiger charge is 2.31. The Balaban J connectivity index is 2.53. The monoisotopic (exact) mass is 189 g/mol. The number of halogens is 1. The summed E-state index contributed by atoms with van der Waals surface area (Å²) in [6, 6.07) is 0. The van der Waals surface area contributed by atoms with E-state index in [1.165, 1.54) is 32.4 Å². The minimum atomic E-state index is 0.169. The average Bonchev–Trinajstić information content (AvgIpc) is 2.06. The van der Waals surface area contributed by atoms with Crippen molar-refractivity contribution in [1.82, 2.24) is 4.90 Å². The van der Waals surface area contributed by atoms with Crippen LogP contribution in [-0.2, 0) is 0 Å². The summed E-state index contributed by atoms with van der Waals surface area (Å²) < 4.78 is 0. The van der Waals surface area contributed by atoms with Crippen LogP contribution in [0.1, 0.15) is 40.0 Å². The van der Waals surface area contributed by atoms with Crippen LogP contribution in [0, 0.1) is 0 Å². The van der Waals surface area contributed by atoms with E-state index in [1.807, 2.05) is 0 Å². The molecule has 0 aromatic carbocycles. The molecular formula is C10H20ClN. The maximum absolute atomic E-state index is 6.16. The second-order valence-electron chi connectivity index (χ2n) is 4.32. The van der Waals surface area contributed by atoms with Crippen LogP contribution in [0.3, 0.4) is 0 Å². The molecular weight excluding hydrogens is 170 g/mol. The predicted octanol–water partition coefficient (Wildman–Crippen LogP) is 2.88. The molecule has 0 bridgehead atoms. The molecule has 12 heavy (non-hydrogen) atoms. The molecule has 1 heterocycles. The van der Waals surface area contributed by atoms with Gasteiger partial charge in [0.15, 0.2) is 0 Å². The summed E-state index contributed by atoms with van der Waals surface area (Å²) in [7, 11) is 0. The van der Waals surface area contributed by atoms with Gasteiger partial charge in [-0.1, -0.05) is 6.42 Å². The molecule has 0 aromatic heterocycles. The Hall–Kier alpha value is 0.250. The van der Waals surface area contributed by atoms with Crippen molar-refractivity contribution in [3.63, 3.8) is 0 Å². The van der Waals surface area contributed by atoms with Crippen molar-refractivity contribution in [3.05, 3.63) is 0 Å². The van der Waals surface area contributed by atoms with E-state index in [0.717, 1.165) is 0 Å². The average molecular weight is 190 g/mol. The van der Waals surface area contributed by atoms with Gasteiger partial charge >= 0.3 is 0 Å². The highest BCUT2D eigenvalue weighted by atomic mass is 35.5. The van der Waals surface area contributed by atoms with Crippen LogP contribution in [0.4, 0.5) is 0 Å². The number of hydrogen-bond donors (Lipinski definition) is 0. The van der Waals surface area contributed by atoms with Crippen LogP contribution in [0.5, 0.6) is 0 Å². The predicted molar refractivity (Wildman–Crippen MR) is 54.8 cm³/mol. The van der Waals surface area contributed by atoms with E-state index in [-0.39, 0.29) is 10.9 Å². The lowest BCUT2D eigenvalue weighted by Gasteiger charge is -2.42. The summed E-state index contributed by atoms with van der Waals surface area (Å²) in [5.74, 6) is 0. The van der Waals surface area contributed by atoms with Crippen LogP contribution in [-0.4, -0.2) is 28.9 Å². The van der Waals surface area contributed by atoms with Crippen molar-refractivity contribution in [2.75, 3.05) is 13.1 Å². The molecule has 0 aromatic rings.